The Morgan fingerprint density at radius 3 is 2.35 bits per heavy atom. The number of hydrogen-bond donors (Lipinski definition) is 1. The number of hydrogen-bond acceptors (Lipinski definition) is 5. The van der Waals surface area contributed by atoms with E-state index in [4.69, 9.17) is 4.74 Å². The monoisotopic (exact) mass is 332 g/mol. The molecule has 2 unspecified atom stereocenters. The first-order valence-electron chi connectivity index (χ1n) is 8.07. The Bertz CT molecular complexity index is 485. The van der Waals surface area contributed by atoms with Crippen LogP contribution in [0.4, 0.5) is 8.78 Å². The number of aliphatic hydroxyl groups excluding tert-OH is 1. The summed E-state index contributed by atoms with van der Waals surface area (Å²) in [7, 11) is 0. The molecule has 0 aromatic heterocycles. The molecule has 0 aromatic rings. The van der Waals surface area contributed by atoms with Gasteiger partial charge in [-0.05, 0) is 49.9 Å². The Hall–Kier alpha value is -1.24. The molecule has 7 heteroatoms. The maximum absolute atomic E-state index is 12.6. The summed E-state index contributed by atoms with van der Waals surface area (Å²) in [5.41, 5.74) is -0.107. The smallest absolute Gasteiger partial charge is 0.377 e. The molecule has 0 aliphatic heterocycles. The van der Waals surface area contributed by atoms with E-state index in [0.29, 0.717) is 12.8 Å². The molecule has 4 bridgehead atoms. The van der Waals surface area contributed by atoms with Crippen molar-refractivity contribution in [2.45, 2.75) is 51.1 Å². The molecule has 0 spiro atoms. The van der Waals surface area contributed by atoms with E-state index in [-0.39, 0.29) is 30.0 Å². The minimum Gasteiger partial charge on any atom is -0.463 e. The van der Waals surface area contributed by atoms with Gasteiger partial charge >= 0.3 is 17.9 Å². The molecule has 0 heterocycles. The molecule has 4 aliphatic rings. The van der Waals surface area contributed by atoms with Crippen LogP contribution in [0.3, 0.4) is 0 Å². The lowest BCUT2D eigenvalue weighted by molar-refractivity contribution is -0.182. The van der Waals surface area contributed by atoms with Crippen LogP contribution >= 0.6 is 0 Å². The van der Waals surface area contributed by atoms with Crippen molar-refractivity contribution in [3.63, 3.8) is 0 Å². The summed E-state index contributed by atoms with van der Waals surface area (Å²) in [6.45, 7) is -0.166. The van der Waals surface area contributed by atoms with Crippen LogP contribution in [0.2, 0.25) is 0 Å². The highest BCUT2D eigenvalue weighted by molar-refractivity contribution is 5.80. The van der Waals surface area contributed by atoms with Gasteiger partial charge in [-0.1, -0.05) is 0 Å². The fraction of sp³-hybridized carbons (Fsp3) is 0.875. The maximum Gasteiger partial charge on any atom is 0.377 e. The summed E-state index contributed by atoms with van der Waals surface area (Å²) in [6, 6.07) is 0. The van der Waals surface area contributed by atoms with Gasteiger partial charge in [-0.2, -0.15) is 8.78 Å². The Morgan fingerprint density at radius 1 is 1.17 bits per heavy atom. The highest BCUT2D eigenvalue weighted by atomic mass is 19.3. The Balaban J connectivity index is 1.49. The van der Waals surface area contributed by atoms with Gasteiger partial charge in [0.2, 0.25) is 0 Å². The van der Waals surface area contributed by atoms with Crippen molar-refractivity contribution in [1.82, 2.24) is 0 Å². The van der Waals surface area contributed by atoms with E-state index in [9.17, 15) is 23.5 Å². The predicted molar refractivity (Wildman–Crippen MR) is 74.5 cm³/mol. The lowest BCUT2D eigenvalue weighted by Gasteiger charge is -2.58. The second kappa shape index (κ2) is 5.69. The third kappa shape index (κ3) is 3.34. The third-order valence-electron chi connectivity index (χ3n) is 5.57. The number of halogens is 2. The standard InChI is InChI=1S/C16H22F2O5/c1-15(17,18)14(21)22-7-12(19)23-8-16-4-9-2-10(5-16)13(20)11(3-9)6-16/h9-11,13,20H,2-8H2,1H3. The zero-order chi connectivity index (χ0) is 16.8. The van der Waals surface area contributed by atoms with Gasteiger partial charge in [0, 0.05) is 12.3 Å². The first kappa shape index (κ1) is 16.6. The molecule has 23 heavy (non-hydrogen) atoms. The largest absolute Gasteiger partial charge is 0.463 e. The van der Waals surface area contributed by atoms with Crippen molar-refractivity contribution in [2.75, 3.05) is 13.2 Å². The number of esters is 2. The van der Waals surface area contributed by atoms with E-state index >= 15 is 0 Å². The maximum atomic E-state index is 12.6. The van der Waals surface area contributed by atoms with Crippen molar-refractivity contribution in [3.05, 3.63) is 0 Å². The molecule has 130 valence electrons. The predicted octanol–water partition coefficient (Wildman–Crippen LogP) is 1.92. The molecule has 0 amide bonds. The van der Waals surface area contributed by atoms with Gasteiger partial charge in [0.25, 0.3) is 0 Å². The summed E-state index contributed by atoms with van der Waals surface area (Å²) in [5.74, 6) is -5.03. The van der Waals surface area contributed by atoms with Crippen LogP contribution in [-0.2, 0) is 19.1 Å². The SMILES string of the molecule is CC(F)(F)C(=O)OCC(=O)OCC12CC3CC(C1)C(O)C(C3)C2. The van der Waals surface area contributed by atoms with Crippen LogP contribution in [0.15, 0.2) is 0 Å². The average molecular weight is 332 g/mol. The molecule has 0 radical (unpaired) electrons. The molecule has 0 aromatic carbocycles. The van der Waals surface area contributed by atoms with Crippen LogP contribution in [0, 0.1) is 23.2 Å². The first-order chi connectivity index (χ1) is 10.7. The van der Waals surface area contributed by atoms with Crippen LogP contribution in [0.1, 0.15) is 39.0 Å². The summed E-state index contributed by atoms with van der Waals surface area (Å²) >= 11 is 0. The molecule has 0 saturated heterocycles. The van der Waals surface area contributed by atoms with E-state index < -0.39 is 24.5 Å². The Labute approximate surface area is 133 Å². The molecular formula is C16H22F2O5. The van der Waals surface area contributed by atoms with Crippen LogP contribution in [0.25, 0.3) is 0 Å². The van der Waals surface area contributed by atoms with Gasteiger partial charge in [0.05, 0.1) is 12.7 Å². The fourth-order valence-corrected chi connectivity index (χ4v) is 4.87. The van der Waals surface area contributed by atoms with Crippen LogP contribution in [0.5, 0.6) is 0 Å². The van der Waals surface area contributed by atoms with Gasteiger partial charge < -0.3 is 14.6 Å². The number of ether oxygens (including phenoxy) is 2. The van der Waals surface area contributed by atoms with E-state index in [1.807, 2.05) is 0 Å². The lowest BCUT2D eigenvalue weighted by atomic mass is 9.49. The van der Waals surface area contributed by atoms with E-state index in [1.54, 1.807) is 0 Å². The van der Waals surface area contributed by atoms with Crippen molar-refractivity contribution >= 4 is 11.9 Å². The van der Waals surface area contributed by atoms with E-state index in [2.05, 4.69) is 4.74 Å². The highest BCUT2D eigenvalue weighted by Crippen LogP contribution is 2.60. The Morgan fingerprint density at radius 2 is 1.78 bits per heavy atom. The van der Waals surface area contributed by atoms with Crippen LogP contribution < -0.4 is 0 Å². The molecule has 4 fully saturated rings. The minimum atomic E-state index is -3.61. The van der Waals surface area contributed by atoms with Crippen molar-refractivity contribution in [3.8, 4) is 0 Å². The molecule has 4 saturated carbocycles. The second-order valence-corrected chi connectivity index (χ2v) is 7.59. The first-order valence-corrected chi connectivity index (χ1v) is 8.07. The van der Waals surface area contributed by atoms with Gasteiger partial charge in [-0.15, -0.1) is 0 Å². The third-order valence-corrected chi connectivity index (χ3v) is 5.57. The normalized spacial score (nSPS) is 38.4. The van der Waals surface area contributed by atoms with Crippen molar-refractivity contribution in [2.24, 2.45) is 23.2 Å². The summed E-state index contributed by atoms with van der Waals surface area (Å²) in [4.78, 5) is 22.6. The summed E-state index contributed by atoms with van der Waals surface area (Å²) < 4.78 is 34.7. The van der Waals surface area contributed by atoms with Gasteiger partial charge in [-0.3, -0.25) is 0 Å². The number of alkyl halides is 2. The number of carbonyl (C=O) groups is 2. The second-order valence-electron chi connectivity index (χ2n) is 7.59. The molecule has 4 aliphatic carbocycles. The van der Waals surface area contributed by atoms with Crippen molar-refractivity contribution in [1.29, 1.82) is 0 Å². The van der Waals surface area contributed by atoms with Crippen LogP contribution in [-0.4, -0.2) is 42.3 Å². The topological polar surface area (TPSA) is 72.8 Å². The van der Waals surface area contributed by atoms with Gasteiger partial charge in [0.15, 0.2) is 6.61 Å². The molecule has 4 rings (SSSR count). The number of aliphatic hydroxyl groups is 1. The fourth-order valence-electron chi connectivity index (χ4n) is 4.87. The summed E-state index contributed by atoms with van der Waals surface area (Å²) in [5, 5.41) is 10.2. The zero-order valence-electron chi connectivity index (χ0n) is 13.1. The van der Waals surface area contributed by atoms with Gasteiger partial charge in [-0.25, -0.2) is 9.59 Å². The molecule has 2 atom stereocenters. The average Bonchev–Trinajstić information content (AvgIpc) is 2.46. The highest BCUT2D eigenvalue weighted by Gasteiger charge is 2.55. The molecule has 1 N–H and O–H groups in total. The Kier molecular flexibility index (Phi) is 4.11. The lowest BCUT2D eigenvalue weighted by Crippen LogP contribution is -2.55. The number of rotatable bonds is 5. The van der Waals surface area contributed by atoms with E-state index in [1.165, 1.54) is 0 Å². The van der Waals surface area contributed by atoms with Gasteiger partial charge in [0.1, 0.15) is 0 Å². The minimum absolute atomic E-state index is 0.107. The number of carbonyl (C=O) groups excluding carboxylic acids is 2. The van der Waals surface area contributed by atoms with Crippen molar-refractivity contribution < 1.29 is 33.0 Å². The van der Waals surface area contributed by atoms with E-state index in [0.717, 1.165) is 32.1 Å². The quantitative estimate of drug-likeness (QED) is 0.779. The summed E-state index contributed by atoms with van der Waals surface area (Å²) in [6.07, 6.45) is 4.48. The molecular weight excluding hydrogens is 310 g/mol. The zero-order valence-corrected chi connectivity index (χ0v) is 13.1. The molecule has 5 nitrogen and oxygen atoms in total.